The number of carbonyl (C=O) groups is 3. The van der Waals surface area contributed by atoms with Crippen molar-refractivity contribution in [1.82, 2.24) is 5.06 Å². The SMILES string of the molecule is CO[PH](=O)C(Cc1ccc(Cc2ccccc2)cc1)C(CC(C)C)C(=O)ON1C(=O)CCC1=O. The first-order chi connectivity index (χ1) is 16.3. The Hall–Kier alpha value is -2.76. The lowest BCUT2D eigenvalue weighted by Gasteiger charge is -2.27. The molecule has 3 unspecified atom stereocenters. The largest absolute Gasteiger partial charge is 0.337 e. The van der Waals surface area contributed by atoms with Crippen molar-refractivity contribution >= 4 is 25.8 Å². The van der Waals surface area contributed by atoms with Crippen LogP contribution in [0.5, 0.6) is 0 Å². The second-order valence-electron chi connectivity index (χ2n) is 9.04. The summed E-state index contributed by atoms with van der Waals surface area (Å²) in [4.78, 5) is 42.2. The van der Waals surface area contributed by atoms with Crippen LogP contribution in [0.4, 0.5) is 0 Å². The van der Waals surface area contributed by atoms with Gasteiger partial charge in [0.15, 0.2) is 8.03 Å². The van der Waals surface area contributed by atoms with Crippen LogP contribution in [-0.4, -0.2) is 35.6 Å². The fourth-order valence-electron chi connectivity index (χ4n) is 4.17. The van der Waals surface area contributed by atoms with Crippen LogP contribution in [-0.2, 0) is 41.2 Å². The lowest BCUT2D eigenvalue weighted by atomic mass is 9.90. The second kappa shape index (κ2) is 12.1. The maximum atomic E-state index is 13.1. The average Bonchev–Trinajstić information content (AvgIpc) is 3.14. The van der Waals surface area contributed by atoms with E-state index in [2.05, 4.69) is 12.1 Å². The predicted molar refractivity (Wildman–Crippen MR) is 129 cm³/mol. The molecular weight excluding hydrogens is 453 g/mol. The molecular formula is C26H32NO6P. The molecule has 0 spiro atoms. The molecule has 1 aliphatic heterocycles. The Bertz CT molecular complexity index is 1010. The highest BCUT2D eigenvalue weighted by Gasteiger charge is 2.39. The monoisotopic (exact) mass is 485 g/mol. The summed E-state index contributed by atoms with van der Waals surface area (Å²) in [6.45, 7) is 3.90. The number of hydroxylamine groups is 2. The zero-order valence-electron chi connectivity index (χ0n) is 19.9. The van der Waals surface area contributed by atoms with E-state index in [1.807, 2.05) is 56.3 Å². The normalized spacial score (nSPS) is 16.5. The summed E-state index contributed by atoms with van der Waals surface area (Å²) in [6, 6.07) is 18.2. The molecule has 2 amide bonds. The lowest BCUT2D eigenvalue weighted by Crippen LogP contribution is -2.38. The van der Waals surface area contributed by atoms with Gasteiger partial charge in [0.1, 0.15) is 0 Å². The van der Waals surface area contributed by atoms with Crippen molar-refractivity contribution in [2.24, 2.45) is 11.8 Å². The van der Waals surface area contributed by atoms with Gasteiger partial charge >= 0.3 is 5.97 Å². The second-order valence-corrected chi connectivity index (χ2v) is 10.8. The van der Waals surface area contributed by atoms with Gasteiger partial charge in [0.25, 0.3) is 11.8 Å². The summed E-state index contributed by atoms with van der Waals surface area (Å²) in [5, 5.41) is 0.551. The predicted octanol–water partition coefficient (Wildman–Crippen LogP) is 4.58. The highest BCUT2D eigenvalue weighted by molar-refractivity contribution is 7.40. The van der Waals surface area contributed by atoms with Crippen LogP contribution in [0.3, 0.4) is 0 Å². The van der Waals surface area contributed by atoms with Gasteiger partial charge in [-0.2, -0.15) is 0 Å². The topological polar surface area (TPSA) is 90.0 Å². The fraction of sp³-hybridized carbons (Fsp3) is 0.423. The fourth-order valence-corrected chi connectivity index (χ4v) is 5.47. The third-order valence-electron chi connectivity index (χ3n) is 5.93. The van der Waals surface area contributed by atoms with Crippen LogP contribution in [0.1, 0.15) is 49.8 Å². The van der Waals surface area contributed by atoms with Gasteiger partial charge in [-0.05, 0) is 41.9 Å². The summed E-state index contributed by atoms with van der Waals surface area (Å²) in [6.07, 6.45) is 1.60. The van der Waals surface area contributed by atoms with Crippen LogP contribution in [0, 0.1) is 11.8 Å². The molecule has 7 nitrogen and oxygen atoms in total. The molecule has 0 saturated carbocycles. The molecule has 0 aliphatic carbocycles. The molecule has 3 atom stereocenters. The number of hydrogen-bond donors (Lipinski definition) is 0. The van der Waals surface area contributed by atoms with Crippen molar-refractivity contribution in [2.45, 2.75) is 51.6 Å². The van der Waals surface area contributed by atoms with Gasteiger partial charge in [-0.15, -0.1) is 5.06 Å². The number of carbonyl (C=O) groups excluding carboxylic acids is 3. The van der Waals surface area contributed by atoms with Crippen molar-refractivity contribution < 1.29 is 28.3 Å². The van der Waals surface area contributed by atoms with Crippen LogP contribution in [0.25, 0.3) is 0 Å². The minimum atomic E-state index is -2.61. The van der Waals surface area contributed by atoms with E-state index in [9.17, 15) is 18.9 Å². The Morgan fingerprint density at radius 3 is 2.06 bits per heavy atom. The summed E-state index contributed by atoms with van der Waals surface area (Å²) >= 11 is 0. The molecule has 1 saturated heterocycles. The third kappa shape index (κ3) is 6.87. The van der Waals surface area contributed by atoms with Gasteiger partial charge in [-0.25, -0.2) is 4.79 Å². The van der Waals surface area contributed by atoms with Crippen molar-refractivity contribution in [3.8, 4) is 0 Å². The van der Waals surface area contributed by atoms with Crippen molar-refractivity contribution in [3.05, 3.63) is 71.3 Å². The van der Waals surface area contributed by atoms with E-state index in [4.69, 9.17) is 9.36 Å². The minimum absolute atomic E-state index is 0.0222. The molecule has 1 aliphatic rings. The first-order valence-electron chi connectivity index (χ1n) is 11.6. The standard InChI is InChI=1S/C26H32NO6P/c1-18(2)15-22(26(30)33-27-24(28)13-14-25(27)29)23(34(31)32-3)17-21-11-9-20(10-12-21)16-19-7-5-4-6-8-19/h4-12,18,22-23,34H,13-17H2,1-3H3. The summed E-state index contributed by atoms with van der Waals surface area (Å²) < 4.78 is 18.1. The molecule has 8 heteroatoms. The van der Waals surface area contributed by atoms with Gasteiger partial charge in [0, 0.05) is 20.0 Å². The van der Waals surface area contributed by atoms with E-state index in [-0.39, 0.29) is 18.8 Å². The van der Waals surface area contributed by atoms with Gasteiger partial charge in [0.05, 0.1) is 11.6 Å². The van der Waals surface area contributed by atoms with Crippen molar-refractivity contribution in [2.75, 3.05) is 7.11 Å². The quantitative estimate of drug-likeness (QED) is 0.342. The van der Waals surface area contributed by atoms with Crippen LogP contribution >= 0.6 is 8.03 Å². The number of nitrogens with zero attached hydrogens (tertiary/aromatic N) is 1. The van der Waals surface area contributed by atoms with E-state index in [0.717, 1.165) is 17.5 Å². The van der Waals surface area contributed by atoms with Gasteiger partial charge in [-0.1, -0.05) is 68.4 Å². The van der Waals surface area contributed by atoms with E-state index in [1.54, 1.807) is 0 Å². The number of benzene rings is 2. The Balaban J connectivity index is 1.78. The third-order valence-corrected chi connectivity index (χ3v) is 7.55. The molecule has 1 fully saturated rings. The zero-order valence-corrected chi connectivity index (χ0v) is 20.9. The minimum Gasteiger partial charge on any atom is -0.334 e. The number of amides is 2. The molecule has 2 aromatic carbocycles. The highest BCUT2D eigenvalue weighted by atomic mass is 31.1. The van der Waals surface area contributed by atoms with Gasteiger partial charge in [0.2, 0.25) is 0 Å². The Morgan fingerprint density at radius 2 is 1.50 bits per heavy atom. The highest BCUT2D eigenvalue weighted by Crippen LogP contribution is 2.39. The summed E-state index contributed by atoms with van der Waals surface area (Å²) in [5.74, 6) is -2.47. The van der Waals surface area contributed by atoms with Crippen LogP contribution in [0.2, 0.25) is 0 Å². The Morgan fingerprint density at radius 1 is 0.941 bits per heavy atom. The van der Waals surface area contributed by atoms with E-state index >= 15 is 0 Å². The van der Waals surface area contributed by atoms with Gasteiger partial charge < -0.3 is 9.36 Å². The van der Waals surface area contributed by atoms with E-state index < -0.39 is 37.4 Å². The first-order valence-corrected chi connectivity index (χ1v) is 12.9. The smallest absolute Gasteiger partial charge is 0.334 e. The van der Waals surface area contributed by atoms with Crippen molar-refractivity contribution in [3.63, 3.8) is 0 Å². The number of hydrogen-bond acceptors (Lipinski definition) is 6. The molecule has 0 N–H and O–H groups in total. The zero-order chi connectivity index (χ0) is 24.7. The van der Waals surface area contributed by atoms with E-state index in [1.165, 1.54) is 12.7 Å². The first kappa shape index (κ1) is 25.9. The average molecular weight is 486 g/mol. The van der Waals surface area contributed by atoms with Gasteiger partial charge in [-0.3, -0.25) is 14.2 Å². The molecule has 0 radical (unpaired) electrons. The maximum absolute atomic E-state index is 13.1. The summed E-state index contributed by atoms with van der Waals surface area (Å²) in [5.41, 5.74) is 2.66. The number of rotatable bonds is 11. The molecule has 0 bridgehead atoms. The van der Waals surface area contributed by atoms with Crippen LogP contribution < -0.4 is 0 Å². The molecule has 0 aromatic heterocycles. The lowest BCUT2D eigenvalue weighted by molar-refractivity contribution is -0.201. The van der Waals surface area contributed by atoms with Crippen molar-refractivity contribution in [1.29, 1.82) is 0 Å². The van der Waals surface area contributed by atoms with Crippen LogP contribution in [0.15, 0.2) is 54.6 Å². The Kier molecular flexibility index (Phi) is 9.20. The molecule has 182 valence electrons. The molecule has 2 aromatic rings. The molecule has 34 heavy (non-hydrogen) atoms. The Labute approximate surface area is 201 Å². The number of imide groups is 1. The molecule has 3 rings (SSSR count). The maximum Gasteiger partial charge on any atom is 0.337 e. The molecule has 1 heterocycles. The van der Waals surface area contributed by atoms with E-state index in [0.29, 0.717) is 17.9 Å². The summed E-state index contributed by atoms with van der Waals surface area (Å²) in [7, 11) is -1.25.